The lowest BCUT2D eigenvalue weighted by Gasteiger charge is -2.01. The van der Waals surface area contributed by atoms with Gasteiger partial charge < -0.3 is 0 Å². The van der Waals surface area contributed by atoms with Crippen molar-refractivity contribution in [1.29, 1.82) is 0 Å². The van der Waals surface area contributed by atoms with E-state index >= 15 is 0 Å². The van der Waals surface area contributed by atoms with Gasteiger partial charge in [-0.05, 0) is 37.5 Å². The second-order valence-electron chi connectivity index (χ2n) is 5.28. The second-order valence-corrected chi connectivity index (χ2v) is 5.28. The minimum absolute atomic E-state index is 0.538. The first-order valence-corrected chi connectivity index (χ1v) is 9.18. The fourth-order valence-electron chi connectivity index (χ4n) is 2.05. The standard InChI is InChI=1S/C20H16N2.2C2H6/c1-15-3-7-17(8-4-15)9-12-20-21-13-19(14-22-20)18-10-5-16(2)6-11-18;2*1-2/h3-8,10-11,13-14H,1-2H3;2*1-2H3. The summed E-state index contributed by atoms with van der Waals surface area (Å²) in [5, 5.41) is 0. The van der Waals surface area contributed by atoms with Crippen LogP contribution in [0.1, 0.15) is 50.2 Å². The van der Waals surface area contributed by atoms with E-state index < -0.39 is 0 Å². The van der Waals surface area contributed by atoms with E-state index in [0.717, 1.165) is 16.7 Å². The van der Waals surface area contributed by atoms with E-state index in [9.17, 15) is 0 Å². The topological polar surface area (TPSA) is 25.8 Å². The highest BCUT2D eigenvalue weighted by molar-refractivity contribution is 5.61. The monoisotopic (exact) mass is 344 g/mol. The molecule has 3 rings (SSSR count). The van der Waals surface area contributed by atoms with Gasteiger partial charge in [-0.3, -0.25) is 0 Å². The summed E-state index contributed by atoms with van der Waals surface area (Å²) >= 11 is 0. The van der Waals surface area contributed by atoms with Crippen LogP contribution in [0.2, 0.25) is 0 Å². The summed E-state index contributed by atoms with van der Waals surface area (Å²) in [6.07, 6.45) is 3.63. The molecule has 0 radical (unpaired) electrons. The van der Waals surface area contributed by atoms with Gasteiger partial charge in [0.1, 0.15) is 0 Å². The van der Waals surface area contributed by atoms with E-state index in [-0.39, 0.29) is 0 Å². The number of hydrogen-bond acceptors (Lipinski definition) is 2. The summed E-state index contributed by atoms with van der Waals surface area (Å²) in [5.74, 6) is 6.61. The summed E-state index contributed by atoms with van der Waals surface area (Å²) in [5.41, 5.74) is 5.55. The predicted octanol–water partition coefficient (Wildman–Crippen LogP) is 6.21. The Bertz CT molecular complexity index is 819. The Kier molecular flexibility index (Phi) is 9.43. The Labute approximate surface area is 158 Å². The first-order chi connectivity index (χ1) is 12.7. The fourth-order valence-corrected chi connectivity index (χ4v) is 2.05. The van der Waals surface area contributed by atoms with E-state index in [2.05, 4.69) is 59.9 Å². The molecule has 0 saturated carbocycles. The molecule has 3 aromatic rings. The largest absolute Gasteiger partial charge is 0.229 e. The average molecular weight is 345 g/mol. The lowest BCUT2D eigenvalue weighted by atomic mass is 10.1. The molecule has 2 aromatic carbocycles. The molecule has 0 fully saturated rings. The third kappa shape index (κ3) is 6.53. The third-order valence-corrected chi connectivity index (χ3v) is 3.41. The molecule has 1 aromatic heterocycles. The quantitative estimate of drug-likeness (QED) is 0.490. The van der Waals surface area contributed by atoms with Gasteiger partial charge in [-0.2, -0.15) is 0 Å². The molecular weight excluding hydrogens is 316 g/mol. The number of aryl methyl sites for hydroxylation is 2. The molecule has 0 spiro atoms. The van der Waals surface area contributed by atoms with Crippen molar-refractivity contribution in [3.8, 4) is 23.0 Å². The molecule has 1 heterocycles. The van der Waals surface area contributed by atoms with E-state index in [4.69, 9.17) is 0 Å². The van der Waals surface area contributed by atoms with Gasteiger partial charge in [0.2, 0.25) is 5.82 Å². The zero-order valence-electron chi connectivity index (χ0n) is 16.7. The van der Waals surface area contributed by atoms with Crippen molar-refractivity contribution in [2.75, 3.05) is 0 Å². The predicted molar refractivity (Wildman–Crippen MR) is 112 cm³/mol. The third-order valence-electron chi connectivity index (χ3n) is 3.41. The Balaban J connectivity index is 0.000000791. The van der Waals surface area contributed by atoms with Crippen LogP contribution >= 0.6 is 0 Å². The fraction of sp³-hybridized carbons (Fsp3) is 0.250. The van der Waals surface area contributed by atoms with Crippen molar-refractivity contribution in [2.24, 2.45) is 0 Å². The molecule has 0 amide bonds. The summed E-state index contributed by atoms with van der Waals surface area (Å²) in [6.45, 7) is 12.1. The molecule has 26 heavy (non-hydrogen) atoms. The van der Waals surface area contributed by atoms with Crippen LogP contribution in [-0.2, 0) is 0 Å². The van der Waals surface area contributed by atoms with Crippen molar-refractivity contribution >= 4 is 0 Å². The van der Waals surface area contributed by atoms with Crippen LogP contribution in [0.3, 0.4) is 0 Å². The molecule has 0 atom stereocenters. The van der Waals surface area contributed by atoms with Crippen LogP contribution in [0, 0.1) is 25.7 Å². The van der Waals surface area contributed by atoms with E-state index in [1.54, 1.807) is 0 Å². The number of nitrogens with zero attached hydrogens (tertiary/aromatic N) is 2. The summed E-state index contributed by atoms with van der Waals surface area (Å²) in [6, 6.07) is 16.4. The maximum atomic E-state index is 4.33. The summed E-state index contributed by atoms with van der Waals surface area (Å²) in [4.78, 5) is 8.65. The highest BCUT2D eigenvalue weighted by Crippen LogP contribution is 2.17. The van der Waals surface area contributed by atoms with Crippen LogP contribution < -0.4 is 0 Å². The first kappa shape index (κ1) is 21.1. The Morgan fingerprint density at radius 3 is 1.54 bits per heavy atom. The van der Waals surface area contributed by atoms with Gasteiger partial charge in [0, 0.05) is 23.5 Å². The molecule has 2 nitrogen and oxygen atoms in total. The Morgan fingerprint density at radius 2 is 1.04 bits per heavy atom. The highest BCUT2D eigenvalue weighted by atomic mass is 14.8. The Hall–Kier alpha value is -2.92. The van der Waals surface area contributed by atoms with E-state index in [0.29, 0.717) is 5.82 Å². The van der Waals surface area contributed by atoms with Gasteiger partial charge in [0.15, 0.2) is 0 Å². The van der Waals surface area contributed by atoms with Gasteiger partial charge in [-0.1, -0.05) is 81.1 Å². The normalized spacial score (nSPS) is 8.85. The molecule has 0 saturated heterocycles. The smallest absolute Gasteiger partial charge is 0.205 e. The van der Waals surface area contributed by atoms with Crippen molar-refractivity contribution in [2.45, 2.75) is 41.5 Å². The molecule has 0 bridgehead atoms. The second kappa shape index (κ2) is 11.6. The molecule has 0 aliphatic rings. The molecule has 0 N–H and O–H groups in total. The van der Waals surface area contributed by atoms with Gasteiger partial charge in [-0.25, -0.2) is 9.97 Å². The SMILES string of the molecule is CC.CC.Cc1ccc(C#Cc2ncc(-c3ccc(C)cc3)cn2)cc1. The average Bonchev–Trinajstić information content (AvgIpc) is 2.72. The Morgan fingerprint density at radius 1 is 0.577 bits per heavy atom. The van der Waals surface area contributed by atoms with Crippen LogP contribution in [0.15, 0.2) is 60.9 Å². The van der Waals surface area contributed by atoms with Crippen molar-refractivity contribution in [3.05, 3.63) is 83.4 Å². The van der Waals surface area contributed by atoms with Gasteiger partial charge in [0.05, 0.1) is 0 Å². The number of hydrogen-bond donors (Lipinski definition) is 0. The number of rotatable bonds is 1. The summed E-state index contributed by atoms with van der Waals surface area (Å²) < 4.78 is 0. The van der Waals surface area contributed by atoms with Crippen LogP contribution in [0.4, 0.5) is 0 Å². The molecule has 134 valence electrons. The van der Waals surface area contributed by atoms with Crippen molar-refractivity contribution in [1.82, 2.24) is 9.97 Å². The van der Waals surface area contributed by atoms with Gasteiger partial charge >= 0.3 is 0 Å². The molecule has 0 unspecified atom stereocenters. The van der Waals surface area contributed by atoms with Crippen LogP contribution in [-0.4, -0.2) is 9.97 Å². The number of aromatic nitrogens is 2. The maximum Gasteiger partial charge on any atom is 0.205 e. The number of benzene rings is 2. The molecule has 0 aliphatic carbocycles. The zero-order valence-corrected chi connectivity index (χ0v) is 16.7. The highest BCUT2D eigenvalue weighted by Gasteiger charge is 1.99. The maximum absolute atomic E-state index is 4.33. The van der Waals surface area contributed by atoms with E-state index in [1.807, 2.05) is 64.4 Å². The minimum atomic E-state index is 0.538. The molecular formula is C24H28N2. The summed E-state index contributed by atoms with van der Waals surface area (Å²) in [7, 11) is 0. The van der Waals surface area contributed by atoms with E-state index in [1.165, 1.54) is 11.1 Å². The van der Waals surface area contributed by atoms with Gasteiger partial charge in [0.25, 0.3) is 0 Å². The lowest BCUT2D eigenvalue weighted by molar-refractivity contribution is 1.13. The van der Waals surface area contributed by atoms with Crippen LogP contribution in [0.25, 0.3) is 11.1 Å². The zero-order chi connectivity index (χ0) is 19.4. The first-order valence-electron chi connectivity index (χ1n) is 9.18. The lowest BCUT2D eigenvalue weighted by Crippen LogP contribution is -1.89. The molecule has 0 aliphatic heterocycles. The molecule has 2 heteroatoms. The minimum Gasteiger partial charge on any atom is -0.229 e. The van der Waals surface area contributed by atoms with Crippen molar-refractivity contribution in [3.63, 3.8) is 0 Å². The van der Waals surface area contributed by atoms with Gasteiger partial charge in [-0.15, -0.1) is 0 Å². The van der Waals surface area contributed by atoms with Crippen molar-refractivity contribution < 1.29 is 0 Å². The van der Waals surface area contributed by atoms with Crippen LogP contribution in [0.5, 0.6) is 0 Å².